The van der Waals surface area contributed by atoms with Crippen LogP contribution in [0.4, 0.5) is 0 Å². The van der Waals surface area contributed by atoms with Crippen LogP contribution in [0.5, 0.6) is 0 Å². The Morgan fingerprint density at radius 1 is 1.71 bits per heavy atom. The molecule has 0 atom stereocenters. The van der Waals surface area contributed by atoms with Gasteiger partial charge in [0, 0.05) is 25.0 Å². The molecular weight excluding hydrogens is 240 g/mol. The summed E-state index contributed by atoms with van der Waals surface area (Å²) in [5.74, 6) is -0.253. The topological polar surface area (TPSA) is 53.4 Å². The molecule has 0 aliphatic carbocycles. The van der Waals surface area contributed by atoms with E-state index in [0.717, 1.165) is 5.69 Å². The van der Waals surface area contributed by atoms with Gasteiger partial charge in [0.05, 0.1) is 17.2 Å². The zero-order chi connectivity index (χ0) is 12.8. The highest BCUT2D eigenvalue weighted by molar-refractivity contribution is 6.33. The first-order valence-corrected chi connectivity index (χ1v) is 5.61. The quantitative estimate of drug-likeness (QED) is 0.814. The Balaban J connectivity index is 2.96. The molecule has 0 saturated carbocycles. The van der Waals surface area contributed by atoms with Crippen LogP contribution in [-0.4, -0.2) is 40.6 Å². The molecule has 1 N–H and O–H groups in total. The van der Waals surface area contributed by atoms with Crippen molar-refractivity contribution in [1.82, 2.24) is 9.88 Å². The van der Waals surface area contributed by atoms with Crippen molar-refractivity contribution in [2.24, 2.45) is 0 Å². The molecule has 1 amide bonds. The Labute approximate surface area is 106 Å². The van der Waals surface area contributed by atoms with Crippen molar-refractivity contribution in [1.29, 1.82) is 0 Å². The zero-order valence-electron chi connectivity index (χ0n) is 9.69. The third-order valence-electron chi connectivity index (χ3n) is 2.23. The predicted molar refractivity (Wildman–Crippen MR) is 67.2 cm³/mol. The van der Waals surface area contributed by atoms with Gasteiger partial charge in [-0.1, -0.05) is 17.7 Å². The van der Waals surface area contributed by atoms with Crippen LogP contribution >= 0.6 is 11.6 Å². The number of hydrogen-bond donors (Lipinski definition) is 1. The van der Waals surface area contributed by atoms with Crippen LogP contribution in [0, 0.1) is 6.92 Å². The van der Waals surface area contributed by atoms with E-state index in [0.29, 0.717) is 17.1 Å². The van der Waals surface area contributed by atoms with Gasteiger partial charge >= 0.3 is 0 Å². The number of aromatic nitrogens is 1. The molecule has 0 aromatic carbocycles. The number of carbonyl (C=O) groups excluding carboxylic acids is 1. The van der Waals surface area contributed by atoms with Gasteiger partial charge in [-0.2, -0.15) is 0 Å². The number of aliphatic hydroxyl groups is 1. The van der Waals surface area contributed by atoms with E-state index in [9.17, 15) is 4.79 Å². The van der Waals surface area contributed by atoms with E-state index in [4.69, 9.17) is 16.7 Å². The average molecular weight is 255 g/mol. The van der Waals surface area contributed by atoms with Crippen molar-refractivity contribution in [3.63, 3.8) is 0 Å². The summed E-state index contributed by atoms with van der Waals surface area (Å²) in [5.41, 5.74) is 1.09. The summed E-state index contributed by atoms with van der Waals surface area (Å²) in [4.78, 5) is 17.6. The summed E-state index contributed by atoms with van der Waals surface area (Å²) in [6.07, 6.45) is 3.05. The Hall–Kier alpha value is -1.39. The van der Waals surface area contributed by atoms with Crippen molar-refractivity contribution in [2.45, 2.75) is 6.92 Å². The van der Waals surface area contributed by atoms with Crippen LogP contribution in [0.15, 0.2) is 24.9 Å². The second kappa shape index (κ2) is 6.37. The minimum absolute atomic E-state index is 0.101. The van der Waals surface area contributed by atoms with E-state index >= 15 is 0 Å². The lowest BCUT2D eigenvalue weighted by molar-refractivity contribution is 0.0742. The molecule has 0 aliphatic heterocycles. The first kappa shape index (κ1) is 13.7. The number of carbonyl (C=O) groups is 1. The summed E-state index contributed by atoms with van der Waals surface area (Å²) in [6, 6.07) is 1.64. The van der Waals surface area contributed by atoms with Crippen LogP contribution in [-0.2, 0) is 0 Å². The summed E-state index contributed by atoms with van der Waals surface area (Å²) in [5, 5.41) is 9.27. The van der Waals surface area contributed by atoms with Gasteiger partial charge in [0.1, 0.15) is 0 Å². The average Bonchev–Trinajstić information content (AvgIpc) is 2.28. The first-order chi connectivity index (χ1) is 8.10. The van der Waals surface area contributed by atoms with Crippen molar-refractivity contribution in [3.8, 4) is 0 Å². The molecule has 0 fully saturated rings. The standard InChI is InChI=1S/C12H15ClN2O2/c1-3-4-15(5-6-16)12(17)10-8-14-9(2)7-11(10)13/h3,7-8,16H,1,4-6H2,2H3. The van der Waals surface area contributed by atoms with Gasteiger partial charge in [0.2, 0.25) is 0 Å². The Morgan fingerprint density at radius 3 is 2.94 bits per heavy atom. The monoisotopic (exact) mass is 254 g/mol. The Morgan fingerprint density at radius 2 is 2.41 bits per heavy atom. The number of aryl methyl sites for hydroxylation is 1. The molecule has 5 heteroatoms. The highest BCUT2D eigenvalue weighted by atomic mass is 35.5. The van der Waals surface area contributed by atoms with Crippen LogP contribution in [0.2, 0.25) is 5.02 Å². The first-order valence-electron chi connectivity index (χ1n) is 5.23. The van der Waals surface area contributed by atoms with Crippen LogP contribution in [0.3, 0.4) is 0 Å². The molecule has 0 aliphatic rings. The molecule has 0 saturated heterocycles. The lowest BCUT2D eigenvalue weighted by atomic mass is 10.2. The molecule has 0 unspecified atom stereocenters. The fraction of sp³-hybridized carbons (Fsp3) is 0.333. The van der Waals surface area contributed by atoms with Crippen LogP contribution in [0.1, 0.15) is 16.1 Å². The van der Waals surface area contributed by atoms with E-state index < -0.39 is 0 Å². The fourth-order valence-electron chi connectivity index (χ4n) is 1.41. The number of amides is 1. The highest BCUT2D eigenvalue weighted by Gasteiger charge is 2.17. The lowest BCUT2D eigenvalue weighted by Crippen LogP contribution is -2.34. The molecule has 92 valence electrons. The SMILES string of the molecule is C=CCN(CCO)C(=O)c1cnc(C)cc1Cl. The predicted octanol–water partition coefficient (Wildman–Crippen LogP) is 1.66. The second-order valence-electron chi connectivity index (χ2n) is 3.57. The normalized spacial score (nSPS) is 10.1. The molecule has 4 nitrogen and oxygen atoms in total. The number of rotatable bonds is 5. The summed E-state index contributed by atoms with van der Waals surface area (Å²) < 4.78 is 0. The zero-order valence-corrected chi connectivity index (χ0v) is 10.4. The number of halogens is 1. The lowest BCUT2D eigenvalue weighted by Gasteiger charge is -2.20. The number of aliphatic hydroxyl groups excluding tert-OH is 1. The van der Waals surface area contributed by atoms with Gasteiger partial charge in [-0.15, -0.1) is 6.58 Å². The summed E-state index contributed by atoms with van der Waals surface area (Å²) >= 11 is 5.99. The maximum atomic E-state index is 12.1. The summed E-state index contributed by atoms with van der Waals surface area (Å²) in [6.45, 7) is 5.88. The van der Waals surface area contributed by atoms with E-state index in [1.54, 1.807) is 19.1 Å². The molecule has 1 aromatic rings. The number of nitrogens with zero attached hydrogens (tertiary/aromatic N) is 2. The van der Waals surface area contributed by atoms with Gasteiger partial charge < -0.3 is 10.0 Å². The van der Waals surface area contributed by atoms with Crippen molar-refractivity contribution >= 4 is 17.5 Å². The summed E-state index contributed by atoms with van der Waals surface area (Å²) in [7, 11) is 0. The molecule has 1 rings (SSSR count). The molecule has 17 heavy (non-hydrogen) atoms. The van der Waals surface area contributed by atoms with Crippen molar-refractivity contribution < 1.29 is 9.90 Å². The minimum Gasteiger partial charge on any atom is -0.395 e. The minimum atomic E-state index is -0.253. The third-order valence-corrected chi connectivity index (χ3v) is 2.54. The smallest absolute Gasteiger partial charge is 0.257 e. The molecule has 1 aromatic heterocycles. The maximum absolute atomic E-state index is 12.1. The number of hydrogen-bond acceptors (Lipinski definition) is 3. The largest absolute Gasteiger partial charge is 0.395 e. The Bertz CT molecular complexity index is 421. The number of pyridine rings is 1. The maximum Gasteiger partial charge on any atom is 0.257 e. The molecule has 1 heterocycles. The van der Waals surface area contributed by atoms with Gasteiger partial charge in [0.15, 0.2) is 0 Å². The fourth-order valence-corrected chi connectivity index (χ4v) is 1.69. The molecule has 0 spiro atoms. The van der Waals surface area contributed by atoms with Gasteiger partial charge in [-0.05, 0) is 13.0 Å². The Kier molecular flexibility index (Phi) is 5.12. The van der Waals surface area contributed by atoms with Crippen molar-refractivity contribution in [2.75, 3.05) is 19.7 Å². The van der Waals surface area contributed by atoms with Crippen LogP contribution in [0.25, 0.3) is 0 Å². The van der Waals surface area contributed by atoms with Gasteiger partial charge in [-0.25, -0.2) is 0 Å². The van der Waals surface area contributed by atoms with Gasteiger partial charge in [-0.3, -0.25) is 9.78 Å². The van der Waals surface area contributed by atoms with E-state index in [1.165, 1.54) is 11.1 Å². The third kappa shape index (κ3) is 3.54. The molecular formula is C12H15ClN2O2. The molecule has 0 bridgehead atoms. The van der Waals surface area contributed by atoms with E-state index in [2.05, 4.69) is 11.6 Å². The molecule has 0 radical (unpaired) electrons. The highest BCUT2D eigenvalue weighted by Crippen LogP contribution is 2.17. The second-order valence-corrected chi connectivity index (χ2v) is 3.98. The van der Waals surface area contributed by atoms with Crippen LogP contribution < -0.4 is 0 Å². The van der Waals surface area contributed by atoms with Crippen molar-refractivity contribution in [3.05, 3.63) is 41.2 Å². The van der Waals surface area contributed by atoms with Gasteiger partial charge in [0.25, 0.3) is 5.91 Å². The van der Waals surface area contributed by atoms with E-state index in [1.807, 2.05) is 0 Å². The van der Waals surface area contributed by atoms with E-state index in [-0.39, 0.29) is 19.1 Å².